The highest BCUT2D eigenvalue weighted by Gasteiger charge is 2.17. The molecule has 0 aliphatic heterocycles. The zero-order valence-corrected chi connectivity index (χ0v) is 11.8. The molecule has 0 bridgehead atoms. The second kappa shape index (κ2) is 7.58. The topological polar surface area (TPSA) is 78.4 Å². The summed E-state index contributed by atoms with van der Waals surface area (Å²) in [6, 6.07) is 5.99. The predicted octanol–water partition coefficient (Wildman–Crippen LogP) is 2.28. The molecule has 102 valence electrons. The molecule has 0 radical (unpaired) electrons. The van der Waals surface area contributed by atoms with Crippen molar-refractivity contribution in [1.29, 1.82) is 0 Å². The van der Waals surface area contributed by atoms with Gasteiger partial charge in [0.15, 0.2) is 0 Å². The summed E-state index contributed by atoms with van der Waals surface area (Å²) in [5.41, 5.74) is 0.925. The van der Waals surface area contributed by atoms with Crippen LogP contribution in [0.4, 0.5) is 4.79 Å². The number of carboxylic acid groups (broad SMARTS) is 1. The minimum atomic E-state index is -1.08. The van der Waals surface area contributed by atoms with E-state index >= 15 is 0 Å². The van der Waals surface area contributed by atoms with Gasteiger partial charge in [0.05, 0.1) is 0 Å². The zero-order valence-electron chi connectivity index (χ0n) is 10.2. The Morgan fingerprint density at radius 3 is 2.53 bits per heavy atom. The fourth-order valence-corrected chi connectivity index (χ4v) is 1.65. The van der Waals surface area contributed by atoms with Gasteiger partial charge in [0.1, 0.15) is 6.04 Å². The second-order valence-corrected chi connectivity index (χ2v) is 4.78. The van der Waals surface area contributed by atoms with E-state index < -0.39 is 18.0 Å². The van der Waals surface area contributed by atoms with Crippen LogP contribution >= 0.6 is 15.9 Å². The number of halogens is 1. The zero-order chi connectivity index (χ0) is 14.3. The van der Waals surface area contributed by atoms with Gasteiger partial charge in [0, 0.05) is 11.0 Å². The maximum absolute atomic E-state index is 11.5. The van der Waals surface area contributed by atoms with Crippen molar-refractivity contribution in [2.75, 3.05) is 0 Å². The Morgan fingerprint density at radius 2 is 2.00 bits per heavy atom. The fourth-order valence-electron chi connectivity index (χ4n) is 1.38. The van der Waals surface area contributed by atoms with Gasteiger partial charge in [0.2, 0.25) is 0 Å². The van der Waals surface area contributed by atoms with Crippen molar-refractivity contribution in [3.63, 3.8) is 0 Å². The Labute approximate surface area is 119 Å². The number of benzene rings is 1. The lowest BCUT2D eigenvalue weighted by atomic mass is 10.2. The third-order valence-corrected chi connectivity index (χ3v) is 2.90. The smallest absolute Gasteiger partial charge is 0.326 e. The summed E-state index contributed by atoms with van der Waals surface area (Å²) in [5.74, 6) is -1.08. The number of amides is 2. The number of carbonyl (C=O) groups is 2. The highest BCUT2D eigenvalue weighted by Crippen LogP contribution is 2.10. The van der Waals surface area contributed by atoms with Gasteiger partial charge < -0.3 is 15.7 Å². The van der Waals surface area contributed by atoms with Crippen molar-refractivity contribution in [1.82, 2.24) is 10.6 Å². The molecule has 3 N–H and O–H groups in total. The minimum absolute atomic E-state index is 0.182. The normalized spacial score (nSPS) is 11.4. The molecule has 1 atom stereocenters. The van der Waals surface area contributed by atoms with Crippen LogP contribution in [-0.4, -0.2) is 23.1 Å². The van der Waals surface area contributed by atoms with Crippen molar-refractivity contribution in [3.05, 3.63) is 47.0 Å². The number of rotatable bonds is 6. The summed E-state index contributed by atoms with van der Waals surface area (Å²) < 4.78 is 0.956. The molecule has 0 heterocycles. The SMILES string of the molecule is C=CCC(NC(=O)NCc1ccc(Br)cc1)C(=O)O. The van der Waals surface area contributed by atoms with Gasteiger partial charge in [-0.3, -0.25) is 0 Å². The lowest BCUT2D eigenvalue weighted by Gasteiger charge is -2.13. The van der Waals surface area contributed by atoms with Crippen LogP contribution in [0.5, 0.6) is 0 Å². The van der Waals surface area contributed by atoms with Crippen LogP contribution in [0.1, 0.15) is 12.0 Å². The molecule has 6 heteroatoms. The number of urea groups is 1. The Hall–Kier alpha value is -1.82. The second-order valence-electron chi connectivity index (χ2n) is 3.87. The van der Waals surface area contributed by atoms with E-state index in [-0.39, 0.29) is 6.42 Å². The summed E-state index contributed by atoms with van der Waals surface area (Å²) in [4.78, 5) is 22.4. The van der Waals surface area contributed by atoms with Gasteiger partial charge in [-0.25, -0.2) is 9.59 Å². The fraction of sp³-hybridized carbons (Fsp3) is 0.231. The van der Waals surface area contributed by atoms with E-state index in [2.05, 4.69) is 33.1 Å². The number of aliphatic carboxylic acids is 1. The molecule has 0 saturated carbocycles. The summed E-state index contributed by atoms with van der Waals surface area (Å²) in [6.07, 6.45) is 1.63. The average Bonchev–Trinajstić information content (AvgIpc) is 2.37. The summed E-state index contributed by atoms with van der Waals surface area (Å²) in [7, 11) is 0. The van der Waals surface area contributed by atoms with Crippen LogP contribution in [0.15, 0.2) is 41.4 Å². The van der Waals surface area contributed by atoms with Crippen LogP contribution in [0, 0.1) is 0 Å². The highest BCUT2D eigenvalue weighted by atomic mass is 79.9. The van der Waals surface area contributed by atoms with E-state index in [9.17, 15) is 9.59 Å². The Bertz CT molecular complexity index is 459. The monoisotopic (exact) mass is 326 g/mol. The number of nitrogens with one attached hydrogen (secondary N) is 2. The lowest BCUT2D eigenvalue weighted by molar-refractivity contribution is -0.139. The largest absolute Gasteiger partial charge is 0.480 e. The number of hydrogen-bond donors (Lipinski definition) is 3. The number of hydrogen-bond acceptors (Lipinski definition) is 2. The van der Waals surface area contributed by atoms with Gasteiger partial charge in [-0.05, 0) is 24.1 Å². The van der Waals surface area contributed by atoms with Crippen LogP contribution in [0.25, 0.3) is 0 Å². The molecule has 0 saturated heterocycles. The van der Waals surface area contributed by atoms with Gasteiger partial charge in [-0.2, -0.15) is 0 Å². The molecule has 2 amide bonds. The molecule has 1 rings (SSSR count). The molecule has 0 fully saturated rings. The van der Waals surface area contributed by atoms with E-state index in [0.29, 0.717) is 6.54 Å². The summed E-state index contributed by atoms with van der Waals surface area (Å²) in [6.45, 7) is 3.79. The van der Waals surface area contributed by atoms with Crippen molar-refractivity contribution in [2.24, 2.45) is 0 Å². The first-order valence-electron chi connectivity index (χ1n) is 5.65. The van der Waals surface area contributed by atoms with Crippen molar-refractivity contribution in [3.8, 4) is 0 Å². The molecule has 0 aromatic heterocycles. The molecule has 0 aliphatic carbocycles. The average molecular weight is 327 g/mol. The Kier molecular flexibility index (Phi) is 6.08. The van der Waals surface area contributed by atoms with Crippen LogP contribution in [-0.2, 0) is 11.3 Å². The highest BCUT2D eigenvalue weighted by molar-refractivity contribution is 9.10. The molecule has 19 heavy (non-hydrogen) atoms. The third kappa shape index (κ3) is 5.56. The first kappa shape index (κ1) is 15.2. The van der Waals surface area contributed by atoms with E-state index in [1.807, 2.05) is 24.3 Å². The maximum atomic E-state index is 11.5. The standard InChI is InChI=1S/C13H15BrN2O3/c1-2-3-11(12(17)18)16-13(19)15-8-9-4-6-10(14)7-5-9/h2,4-7,11H,1,3,8H2,(H,17,18)(H2,15,16,19). The van der Waals surface area contributed by atoms with Crippen molar-refractivity contribution in [2.45, 2.75) is 19.0 Å². The first-order valence-corrected chi connectivity index (χ1v) is 6.44. The molecule has 1 aromatic carbocycles. The maximum Gasteiger partial charge on any atom is 0.326 e. The number of carbonyl (C=O) groups excluding carboxylic acids is 1. The van der Waals surface area contributed by atoms with Crippen LogP contribution in [0.2, 0.25) is 0 Å². The Morgan fingerprint density at radius 1 is 1.37 bits per heavy atom. The summed E-state index contributed by atoms with van der Waals surface area (Å²) >= 11 is 3.32. The summed E-state index contributed by atoms with van der Waals surface area (Å²) in [5, 5.41) is 13.8. The van der Waals surface area contributed by atoms with Gasteiger partial charge in [-0.1, -0.05) is 34.1 Å². The molecule has 5 nitrogen and oxygen atoms in total. The van der Waals surface area contributed by atoms with E-state index in [1.165, 1.54) is 6.08 Å². The molecule has 0 aliphatic rings. The molecule has 1 unspecified atom stereocenters. The minimum Gasteiger partial charge on any atom is -0.480 e. The first-order chi connectivity index (χ1) is 9.02. The van der Waals surface area contributed by atoms with E-state index in [4.69, 9.17) is 5.11 Å². The van der Waals surface area contributed by atoms with Crippen LogP contribution < -0.4 is 10.6 Å². The molecule has 1 aromatic rings. The Balaban J connectivity index is 2.44. The van der Waals surface area contributed by atoms with Gasteiger partial charge >= 0.3 is 12.0 Å². The molecular formula is C13H15BrN2O3. The quantitative estimate of drug-likeness (QED) is 0.702. The third-order valence-electron chi connectivity index (χ3n) is 2.37. The van der Waals surface area contributed by atoms with E-state index in [0.717, 1.165) is 10.0 Å². The molecular weight excluding hydrogens is 312 g/mol. The van der Waals surface area contributed by atoms with Gasteiger partial charge in [0.25, 0.3) is 0 Å². The molecule has 0 spiro atoms. The lowest BCUT2D eigenvalue weighted by Crippen LogP contribution is -2.45. The van der Waals surface area contributed by atoms with Gasteiger partial charge in [-0.15, -0.1) is 6.58 Å². The van der Waals surface area contributed by atoms with Crippen molar-refractivity contribution >= 4 is 27.9 Å². The number of carboxylic acids is 1. The van der Waals surface area contributed by atoms with Crippen molar-refractivity contribution < 1.29 is 14.7 Å². The van der Waals surface area contributed by atoms with E-state index in [1.54, 1.807) is 0 Å². The predicted molar refractivity (Wildman–Crippen MR) is 75.8 cm³/mol. The van der Waals surface area contributed by atoms with Crippen LogP contribution in [0.3, 0.4) is 0 Å².